The summed E-state index contributed by atoms with van der Waals surface area (Å²) >= 11 is 0. The molecule has 8 nitrogen and oxygen atoms in total. The molecule has 17 heavy (non-hydrogen) atoms. The van der Waals surface area contributed by atoms with E-state index in [0.717, 1.165) is 0 Å². The third kappa shape index (κ3) is 4.10. The quantitative estimate of drug-likeness (QED) is 0.456. The number of hydrogen-bond donors (Lipinski definition) is 3. The molecule has 1 amide bonds. The van der Waals surface area contributed by atoms with Gasteiger partial charge in [0.25, 0.3) is 0 Å². The molecule has 0 bridgehead atoms. The SMILES string of the molecule is COCCNC(C(N)=O)c1cn(CCO)nn1. The summed E-state index contributed by atoms with van der Waals surface area (Å²) < 4.78 is 6.31. The summed E-state index contributed by atoms with van der Waals surface area (Å²) in [5.41, 5.74) is 5.70. The predicted molar refractivity (Wildman–Crippen MR) is 58.9 cm³/mol. The molecular formula is C9H17N5O3. The first-order chi connectivity index (χ1) is 8.19. The summed E-state index contributed by atoms with van der Waals surface area (Å²) in [7, 11) is 1.57. The van der Waals surface area contributed by atoms with Crippen molar-refractivity contribution in [3.8, 4) is 0 Å². The van der Waals surface area contributed by atoms with Gasteiger partial charge in [-0.1, -0.05) is 5.21 Å². The number of hydrogen-bond acceptors (Lipinski definition) is 6. The van der Waals surface area contributed by atoms with E-state index in [-0.39, 0.29) is 6.61 Å². The smallest absolute Gasteiger partial charge is 0.240 e. The van der Waals surface area contributed by atoms with Crippen molar-refractivity contribution in [3.63, 3.8) is 0 Å². The van der Waals surface area contributed by atoms with E-state index >= 15 is 0 Å². The lowest BCUT2D eigenvalue weighted by molar-refractivity contribution is -0.120. The average molecular weight is 243 g/mol. The van der Waals surface area contributed by atoms with Crippen molar-refractivity contribution >= 4 is 5.91 Å². The Labute approximate surface area is 98.7 Å². The number of primary amides is 1. The fourth-order valence-electron chi connectivity index (χ4n) is 1.31. The number of amides is 1. The van der Waals surface area contributed by atoms with Crippen molar-refractivity contribution in [1.82, 2.24) is 20.3 Å². The Hall–Kier alpha value is -1.51. The first kappa shape index (κ1) is 13.6. The van der Waals surface area contributed by atoms with E-state index in [1.54, 1.807) is 13.3 Å². The number of aliphatic hydroxyl groups excluding tert-OH is 1. The van der Waals surface area contributed by atoms with Crippen molar-refractivity contribution in [1.29, 1.82) is 0 Å². The van der Waals surface area contributed by atoms with E-state index in [4.69, 9.17) is 15.6 Å². The van der Waals surface area contributed by atoms with Crippen molar-refractivity contribution in [2.45, 2.75) is 12.6 Å². The molecule has 0 spiro atoms. The summed E-state index contributed by atoms with van der Waals surface area (Å²) in [4.78, 5) is 11.3. The Kier molecular flexibility index (Phi) is 5.53. The zero-order valence-electron chi connectivity index (χ0n) is 9.67. The van der Waals surface area contributed by atoms with Gasteiger partial charge in [-0.25, -0.2) is 4.68 Å². The molecule has 1 unspecified atom stereocenters. The first-order valence-corrected chi connectivity index (χ1v) is 5.21. The predicted octanol–water partition coefficient (Wildman–Crippen LogP) is -1.97. The fraction of sp³-hybridized carbons (Fsp3) is 0.667. The Morgan fingerprint density at radius 2 is 2.53 bits per heavy atom. The molecule has 1 heterocycles. The minimum Gasteiger partial charge on any atom is -0.394 e. The number of nitrogens with zero attached hydrogens (tertiary/aromatic N) is 3. The van der Waals surface area contributed by atoms with Gasteiger partial charge < -0.3 is 15.6 Å². The molecule has 8 heteroatoms. The third-order valence-corrected chi connectivity index (χ3v) is 2.12. The standard InChI is InChI=1S/C9H17N5O3/c1-17-5-2-11-8(9(10)16)7-6-14(3-4-15)13-12-7/h6,8,11,15H,2-5H2,1H3,(H2,10,16). The number of rotatable bonds is 8. The van der Waals surface area contributed by atoms with Gasteiger partial charge in [0.1, 0.15) is 11.7 Å². The van der Waals surface area contributed by atoms with Gasteiger partial charge in [-0.2, -0.15) is 0 Å². The number of aliphatic hydroxyl groups is 1. The van der Waals surface area contributed by atoms with Crippen molar-refractivity contribution in [2.75, 3.05) is 26.9 Å². The topological polar surface area (TPSA) is 115 Å². The van der Waals surface area contributed by atoms with Crippen molar-refractivity contribution in [3.05, 3.63) is 11.9 Å². The maximum Gasteiger partial charge on any atom is 0.240 e. The zero-order chi connectivity index (χ0) is 12.7. The van der Waals surface area contributed by atoms with Gasteiger partial charge in [0, 0.05) is 13.7 Å². The van der Waals surface area contributed by atoms with Crippen LogP contribution in [0.15, 0.2) is 6.20 Å². The molecular weight excluding hydrogens is 226 g/mol. The molecule has 1 rings (SSSR count). The highest BCUT2D eigenvalue weighted by atomic mass is 16.5. The van der Waals surface area contributed by atoms with Gasteiger partial charge in [0.2, 0.25) is 5.91 Å². The number of ether oxygens (including phenoxy) is 1. The molecule has 4 N–H and O–H groups in total. The summed E-state index contributed by atoms with van der Waals surface area (Å²) in [6.07, 6.45) is 1.57. The second kappa shape index (κ2) is 6.94. The molecule has 0 radical (unpaired) electrons. The van der Waals surface area contributed by atoms with Crippen LogP contribution in [0.25, 0.3) is 0 Å². The van der Waals surface area contributed by atoms with Crippen LogP contribution in [0.2, 0.25) is 0 Å². The molecule has 0 aliphatic heterocycles. The molecule has 0 saturated heterocycles. The van der Waals surface area contributed by atoms with Gasteiger partial charge in [0.15, 0.2) is 0 Å². The summed E-state index contributed by atoms with van der Waals surface area (Å²) in [6.45, 7) is 1.24. The number of nitrogens with one attached hydrogen (secondary N) is 1. The number of aromatic nitrogens is 3. The van der Waals surface area contributed by atoms with Crippen LogP contribution < -0.4 is 11.1 Å². The molecule has 0 aliphatic rings. The molecule has 0 aromatic carbocycles. The van der Waals surface area contributed by atoms with Crippen LogP contribution in [0.3, 0.4) is 0 Å². The van der Waals surface area contributed by atoms with Gasteiger partial charge in [0.05, 0.1) is 26.0 Å². The zero-order valence-corrected chi connectivity index (χ0v) is 9.67. The Morgan fingerprint density at radius 1 is 1.76 bits per heavy atom. The lowest BCUT2D eigenvalue weighted by atomic mass is 10.2. The van der Waals surface area contributed by atoms with E-state index in [0.29, 0.717) is 25.4 Å². The van der Waals surface area contributed by atoms with Crippen molar-refractivity contribution in [2.24, 2.45) is 5.73 Å². The maximum atomic E-state index is 11.3. The fourth-order valence-corrected chi connectivity index (χ4v) is 1.31. The molecule has 96 valence electrons. The lowest BCUT2D eigenvalue weighted by Crippen LogP contribution is -2.35. The molecule has 0 fully saturated rings. The van der Waals surface area contributed by atoms with Gasteiger partial charge in [-0.15, -0.1) is 5.10 Å². The number of methoxy groups -OCH3 is 1. The molecule has 0 aliphatic carbocycles. The highest BCUT2D eigenvalue weighted by Gasteiger charge is 2.20. The van der Waals surface area contributed by atoms with Gasteiger partial charge in [-0.3, -0.25) is 10.1 Å². The van der Waals surface area contributed by atoms with Crippen LogP contribution in [0.4, 0.5) is 0 Å². The summed E-state index contributed by atoms with van der Waals surface area (Å²) in [5.74, 6) is -0.530. The van der Waals surface area contributed by atoms with Gasteiger partial charge in [-0.05, 0) is 0 Å². The van der Waals surface area contributed by atoms with Crippen LogP contribution in [-0.2, 0) is 16.1 Å². The molecule has 1 aromatic heterocycles. The Balaban J connectivity index is 2.64. The second-order valence-corrected chi connectivity index (χ2v) is 3.41. The number of carbonyl (C=O) groups excluding carboxylic acids is 1. The Bertz CT molecular complexity index is 354. The highest BCUT2D eigenvalue weighted by Crippen LogP contribution is 2.07. The maximum absolute atomic E-state index is 11.3. The first-order valence-electron chi connectivity index (χ1n) is 5.21. The minimum atomic E-state index is -0.697. The van der Waals surface area contributed by atoms with E-state index < -0.39 is 11.9 Å². The summed E-state index contributed by atoms with van der Waals surface area (Å²) in [5, 5.41) is 19.2. The van der Waals surface area contributed by atoms with E-state index in [1.165, 1.54) is 4.68 Å². The van der Waals surface area contributed by atoms with Gasteiger partial charge >= 0.3 is 0 Å². The molecule has 1 aromatic rings. The van der Waals surface area contributed by atoms with Crippen LogP contribution in [0, 0.1) is 0 Å². The van der Waals surface area contributed by atoms with Crippen LogP contribution in [0.1, 0.15) is 11.7 Å². The average Bonchev–Trinajstić information content (AvgIpc) is 2.73. The summed E-state index contributed by atoms with van der Waals surface area (Å²) in [6, 6.07) is -0.697. The van der Waals surface area contributed by atoms with E-state index in [1.807, 2.05) is 0 Å². The molecule has 0 saturated carbocycles. The van der Waals surface area contributed by atoms with Crippen LogP contribution in [-0.4, -0.2) is 52.9 Å². The highest BCUT2D eigenvalue weighted by molar-refractivity contribution is 5.80. The Morgan fingerprint density at radius 3 is 3.12 bits per heavy atom. The molecule has 1 atom stereocenters. The van der Waals surface area contributed by atoms with Crippen LogP contribution in [0.5, 0.6) is 0 Å². The van der Waals surface area contributed by atoms with Crippen molar-refractivity contribution < 1.29 is 14.6 Å². The van der Waals surface area contributed by atoms with E-state index in [2.05, 4.69) is 15.6 Å². The minimum absolute atomic E-state index is 0.0405. The normalized spacial score (nSPS) is 12.6. The third-order valence-electron chi connectivity index (χ3n) is 2.12. The monoisotopic (exact) mass is 243 g/mol. The lowest BCUT2D eigenvalue weighted by Gasteiger charge is -2.11. The van der Waals surface area contributed by atoms with Crippen LogP contribution >= 0.6 is 0 Å². The second-order valence-electron chi connectivity index (χ2n) is 3.41. The largest absolute Gasteiger partial charge is 0.394 e. The number of carbonyl (C=O) groups is 1. The number of nitrogens with two attached hydrogens (primary N) is 1. The van der Waals surface area contributed by atoms with E-state index in [9.17, 15) is 4.79 Å².